The first-order chi connectivity index (χ1) is 7.36. The highest BCUT2D eigenvalue weighted by atomic mass is 14.7. The number of fused-ring (bicyclic) bond motifs is 3. The summed E-state index contributed by atoms with van der Waals surface area (Å²) in [6.07, 6.45) is 5.99. The van der Waals surface area contributed by atoms with Gasteiger partial charge >= 0.3 is 0 Å². The van der Waals surface area contributed by atoms with E-state index in [4.69, 9.17) is 0 Å². The summed E-state index contributed by atoms with van der Waals surface area (Å²) in [5, 5.41) is 0. The molecule has 5 atom stereocenters. The van der Waals surface area contributed by atoms with E-state index in [0.717, 1.165) is 29.6 Å². The lowest BCUT2D eigenvalue weighted by Crippen LogP contribution is -2.30. The maximum Gasteiger partial charge on any atom is -0.0289 e. The van der Waals surface area contributed by atoms with Crippen LogP contribution in [0.1, 0.15) is 60.3 Å². The number of hydrogen-bond donors (Lipinski definition) is 0. The van der Waals surface area contributed by atoms with Crippen LogP contribution in [-0.4, -0.2) is 0 Å². The standard InChI is InChI=1S/C16H28/c1-10-6-7-11-13(10)14-12(16(14,4)5)8-9-15(11,2)3/h10-14H,6-9H2,1-5H3/t10-,11-,12+,13?,14+/m0/s1. The van der Waals surface area contributed by atoms with Crippen molar-refractivity contribution in [2.75, 3.05) is 0 Å². The minimum atomic E-state index is 0.624. The van der Waals surface area contributed by atoms with Crippen molar-refractivity contribution in [1.82, 2.24) is 0 Å². The van der Waals surface area contributed by atoms with Crippen LogP contribution in [0.25, 0.3) is 0 Å². The second-order valence-electron chi connectivity index (χ2n) is 8.22. The van der Waals surface area contributed by atoms with Crippen LogP contribution in [0.4, 0.5) is 0 Å². The molecule has 3 fully saturated rings. The molecular formula is C16H28. The van der Waals surface area contributed by atoms with Gasteiger partial charge < -0.3 is 0 Å². The van der Waals surface area contributed by atoms with E-state index in [2.05, 4.69) is 34.6 Å². The summed E-state index contributed by atoms with van der Waals surface area (Å²) >= 11 is 0. The molecule has 16 heavy (non-hydrogen) atoms. The van der Waals surface area contributed by atoms with Crippen LogP contribution < -0.4 is 0 Å². The average Bonchev–Trinajstić information content (AvgIpc) is 2.51. The molecule has 0 nitrogen and oxygen atoms in total. The van der Waals surface area contributed by atoms with E-state index in [0.29, 0.717) is 10.8 Å². The van der Waals surface area contributed by atoms with Crippen molar-refractivity contribution in [3.8, 4) is 0 Å². The molecule has 0 aromatic heterocycles. The lowest BCUT2D eigenvalue weighted by Gasteiger charge is -2.37. The lowest BCUT2D eigenvalue weighted by atomic mass is 9.68. The fraction of sp³-hybridized carbons (Fsp3) is 1.00. The van der Waals surface area contributed by atoms with E-state index >= 15 is 0 Å². The van der Waals surface area contributed by atoms with Crippen LogP contribution >= 0.6 is 0 Å². The molecule has 0 bridgehead atoms. The summed E-state index contributed by atoms with van der Waals surface area (Å²) < 4.78 is 0. The maximum atomic E-state index is 2.54. The van der Waals surface area contributed by atoms with Gasteiger partial charge in [0.25, 0.3) is 0 Å². The Balaban J connectivity index is 1.94. The third-order valence-electron chi connectivity index (χ3n) is 6.71. The van der Waals surface area contributed by atoms with Gasteiger partial charge in [0, 0.05) is 0 Å². The molecule has 0 radical (unpaired) electrons. The fourth-order valence-corrected chi connectivity index (χ4v) is 5.56. The predicted octanol–water partition coefficient (Wildman–Crippen LogP) is 4.74. The average molecular weight is 220 g/mol. The Morgan fingerprint density at radius 1 is 0.875 bits per heavy atom. The third kappa shape index (κ3) is 1.28. The molecule has 92 valence electrons. The van der Waals surface area contributed by atoms with Crippen molar-refractivity contribution in [2.45, 2.75) is 60.3 Å². The van der Waals surface area contributed by atoms with Crippen LogP contribution in [-0.2, 0) is 0 Å². The maximum absolute atomic E-state index is 2.54. The van der Waals surface area contributed by atoms with Gasteiger partial charge in [-0.25, -0.2) is 0 Å². The van der Waals surface area contributed by atoms with E-state index in [-0.39, 0.29) is 0 Å². The van der Waals surface area contributed by atoms with Gasteiger partial charge in [-0.15, -0.1) is 0 Å². The second-order valence-corrected chi connectivity index (χ2v) is 8.22. The molecule has 0 aliphatic heterocycles. The molecule has 0 heteroatoms. The fourth-order valence-electron chi connectivity index (χ4n) is 5.56. The molecule has 3 aliphatic rings. The summed E-state index contributed by atoms with van der Waals surface area (Å²) in [4.78, 5) is 0. The smallest absolute Gasteiger partial charge is 0.0289 e. The van der Waals surface area contributed by atoms with E-state index in [9.17, 15) is 0 Å². The molecule has 0 saturated heterocycles. The zero-order valence-corrected chi connectivity index (χ0v) is 11.7. The zero-order valence-electron chi connectivity index (χ0n) is 11.7. The van der Waals surface area contributed by atoms with Gasteiger partial charge in [-0.05, 0) is 59.7 Å². The van der Waals surface area contributed by atoms with Crippen molar-refractivity contribution in [3.63, 3.8) is 0 Å². The first-order valence-electron chi connectivity index (χ1n) is 7.36. The molecule has 0 aromatic carbocycles. The molecule has 0 N–H and O–H groups in total. The summed E-state index contributed by atoms with van der Waals surface area (Å²) in [7, 11) is 0. The Bertz CT molecular complexity index is 299. The Morgan fingerprint density at radius 3 is 2.25 bits per heavy atom. The monoisotopic (exact) mass is 220 g/mol. The molecule has 1 unspecified atom stereocenters. The highest BCUT2D eigenvalue weighted by Crippen LogP contribution is 2.72. The molecular weight excluding hydrogens is 192 g/mol. The molecule has 0 spiro atoms. The molecule has 0 aromatic rings. The van der Waals surface area contributed by atoms with Crippen LogP contribution in [0.3, 0.4) is 0 Å². The topological polar surface area (TPSA) is 0 Å². The van der Waals surface area contributed by atoms with Crippen molar-refractivity contribution in [1.29, 1.82) is 0 Å². The summed E-state index contributed by atoms with van der Waals surface area (Å²) in [6.45, 7) is 12.7. The van der Waals surface area contributed by atoms with Gasteiger partial charge in [-0.3, -0.25) is 0 Å². The summed E-state index contributed by atoms with van der Waals surface area (Å²) in [5.74, 6) is 5.20. The Kier molecular flexibility index (Phi) is 2.12. The van der Waals surface area contributed by atoms with Crippen LogP contribution in [0.2, 0.25) is 0 Å². The van der Waals surface area contributed by atoms with Crippen LogP contribution in [0, 0.1) is 40.4 Å². The molecule has 0 amide bonds. The van der Waals surface area contributed by atoms with Gasteiger partial charge in [0.15, 0.2) is 0 Å². The first kappa shape index (κ1) is 11.1. The Hall–Kier alpha value is 0. The largest absolute Gasteiger partial charge is 0.0622 e. The summed E-state index contributed by atoms with van der Waals surface area (Å²) in [5.41, 5.74) is 1.30. The van der Waals surface area contributed by atoms with Gasteiger partial charge in [-0.2, -0.15) is 0 Å². The second kappa shape index (κ2) is 3.06. The third-order valence-corrected chi connectivity index (χ3v) is 6.71. The highest BCUT2D eigenvalue weighted by Gasteiger charge is 2.65. The molecule has 3 aliphatic carbocycles. The van der Waals surface area contributed by atoms with Crippen molar-refractivity contribution in [2.24, 2.45) is 40.4 Å². The highest BCUT2D eigenvalue weighted by molar-refractivity contribution is 5.14. The quantitative estimate of drug-likeness (QED) is 0.553. The van der Waals surface area contributed by atoms with Gasteiger partial charge in [0.1, 0.15) is 0 Å². The first-order valence-corrected chi connectivity index (χ1v) is 7.36. The predicted molar refractivity (Wildman–Crippen MR) is 69.2 cm³/mol. The van der Waals surface area contributed by atoms with E-state index < -0.39 is 0 Å². The van der Waals surface area contributed by atoms with Crippen molar-refractivity contribution in [3.05, 3.63) is 0 Å². The van der Waals surface area contributed by atoms with Crippen LogP contribution in [0.15, 0.2) is 0 Å². The number of rotatable bonds is 0. The normalized spacial score (nSPS) is 52.7. The lowest BCUT2D eigenvalue weighted by molar-refractivity contribution is 0.122. The Morgan fingerprint density at radius 2 is 1.56 bits per heavy atom. The minimum absolute atomic E-state index is 0.624. The molecule has 3 rings (SSSR count). The van der Waals surface area contributed by atoms with Gasteiger partial charge in [-0.1, -0.05) is 41.0 Å². The SMILES string of the molecule is C[C@H]1CC[C@H]2C1[C@H]1[C@@H](CCC2(C)C)C1(C)C. The van der Waals surface area contributed by atoms with E-state index in [1.165, 1.54) is 25.7 Å². The van der Waals surface area contributed by atoms with Gasteiger partial charge in [0.2, 0.25) is 0 Å². The van der Waals surface area contributed by atoms with E-state index in [1.54, 1.807) is 0 Å². The van der Waals surface area contributed by atoms with Crippen molar-refractivity contribution >= 4 is 0 Å². The van der Waals surface area contributed by atoms with Crippen LogP contribution in [0.5, 0.6) is 0 Å². The minimum Gasteiger partial charge on any atom is -0.0622 e. The number of hydrogen-bond acceptors (Lipinski definition) is 0. The molecule has 0 heterocycles. The van der Waals surface area contributed by atoms with E-state index in [1.807, 2.05) is 0 Å². The summed E-state index contributed by atoms with van der Waals surface area (Å²) in [6, 6.07) is 0. The van der Waals surface area contributed by atoms with Crippen molar-refractivity contribution < 1.29 is 0 Å². The molecule has 3 saturated carbocycles. The Labute approximate surface area is 101 Å². The zero-order chi connectivity index (χ0) is 11.7. The van der Waals surface area contributed by atoms with Gasteiger partial charge in [0.05, 0.1) is 0 Å².